The number of rotatable bonds is 8. The number of nitrogens with one attached hydrogen (secondary N) is 1. The zero-order valence-electron chi connectivity index (χ0n) is 17.0. The van der Waals surface area contributed by atoms with Crippen LogP contribution >= 0.6 is 23.1 Å². The second-order valence-electron chi connectivity index (χ2n) is 6.27. The minimum absolute atomic E-state index is 0.0323. The van der Waals surface area contributed by atoms with Crippen molar-refractivity contribution in [3.05, 3.63) is 51.5 Å². The predicted octanol–water partition coefficient (Wildman–Crippen LogP) is 3.39. The lowest BCUT2D eigenvalue weighted by Gasteiger charge is -2.10. The van der Waals surface area contributed by atoms with Crippen molar-refractivity contribution in [2.75, 3.05) is 17.7 Å². The molecular weight excluding hydrogens is 456 g/mol. The molecule has 2 aromatic heterocycles. The fraction of sp³-hybridized carbons (Fsp3) is 0.211. The number of thiazole rings is 1. The van der Waals surface area contributed by atoms with E-state index >= 15 is 0 Å². The molecule has 1 unspecified atom stereocenters. The molecule has 1 amide bonds. The first-order valence-corrected chi connectivity index (χ1v) is 11.0. The Hall–Kier alpha value is -3.58. The minimum atomic E-state index is -0.615. The van der Waals surface area contributed by atoms with Gasteiger partial charge in [-0.05, 0) is 13.8 Å². The quantitative estimate of drug-likeness (QED) is 0.163. The number of amides is 1. The fourth-order valence-electron chi connectivity index (χ4n) is 2.46. The number of aromatic nitrogens is 3. The van der Waals surface area contributed by atoms with E-state index in [4.69, 9.17) is 10.5 Å². The molecular formula is C19H18N6O5S2. The van der Waals surface area contributed by atoms with Crippen molar-refractivity contribution in [3.8, 4) is 11.3 Å². The van der Waals surface area contributed by atoms with Crippen molar-refractivity contribution in [2.45, 2.75) is 24.3 Å². The van der Waals surface area contributed by atoms with Crippen LogP contribution in [-0.4, -0.2) is 43.6 Å². The Morgan fingerprint density at radius 3 is 2.84 bits per heavy atom. The molecule has 0 aliphatic heterocycles. The fourth-order valence-corrected chi connectivity index (χ4v) is 3.93. The zero-order valence-corrected chi connectivity index (χ0v) is 18.6. The third kappa shape index (κ3) is 5.56. The molecule has 3 N–H and O–H groups in total. The Balaban J connectivity index is 1.64. The maximum Gasteiger partial charge on any atom is 0.343 e. The van der Waals surface area contributed by atoms with Crippen LogP contribution in [0.15, 0.2) is 41.0 Å². The number of nitrogen functional groups attached to an aromatic ring is 1. The summed E-state index contributed by atoms with van der Waals surface area (Å²) < 4.78 is 4.88. The second kappa shape index (κ2) is 10.2. The number of anilines is 2. The summed E-state index contributed by atoms with van der Waals surface area (Å²) in [5.74, 6) is -0.989. The van der Waals surface area contributed by atoms with Crippen molar-refractivity contribution >= 4 is 51.6 Å². The Morgan fingerprint density at radius 1 is 1.38 bits per heavy atom. The average molecular weight is 475 g/mol. The van der Waals surface area contributed by atoms with Gasteiger partial charge in [0, 0.05) is 29.3 Å². The highest BCUT2D eigenvalue weighted by Gasteiger charge is 2.20. The first-order chi connectivity index (χ1) is 15.3. The third-order valence-electron chi connectivity index (χ3n) is 4.03. The van der Waals surface area contributed by atoms with Crippen LogP contribution in [0.1, 0.15) is 24.2 Å². The highest BCUT2D eigenvalue weighted by molar-refractivity contribution is 8.00. The smallest absolute Gasteiger partial charge is 0.343 e. The van der Waals surface area contributed by atoms with E-state index in [9.17, 15) is 19.7 Å². The summed E-state index contributed by atoms with van der Waals surface area (Å²) in [7, 11) is 0. The summed E-state index contributed by atoms with van der Waals surface area (Å²) in [6.45, 7) is 3.54. The van der Waals surface area contributed by atoms with Gasteiger partial charge in [-0.3, -0.25) is 14.9 Å². The number of carbonyl (C=O) groups excluding carboxylic acids is 2. The first kappa shape index (κ1) is 23.1. The summed E-state index contributed by atoms with van der Waals surface area (Å²) in [4.78, 5) is 47.2. The second-order valence-corrected chi connectivity index (χ2v) is 8.43. The van der Waals surface area contributed by atoms with E-state index in [1.54, 1.807) is 31.4 Å². The number of nitrogens with two attached hydrogens (primary N) is 1. The molecule has 0 radical (unpaired) electrons. The van der Waals surface area contributed by atoms with Gasteiger partial charge < -0.3 is 15.8 Å². The van der Waals surface area contributed by atoms with E-state index in [-0.39, 0.29) is 34.7 Å². The molecule has 0 fully saturated rings. The molecule has 0 saturated heterocycles. The molecule has 11 nitrogen and oxygen atoms in total. The summed E-state index contributed by atoms with van der Waals surface area (Å²) in [5.41, 5.74) is 6.90. The molecule has 32 heavy (non-hydrogen) atoms. The van der Waals surface area contributed by atoms with Crippen molar-refractivity contribution in [1.29, 1.82) is 0 Å². The summed E-state index contributed by atoms with van der Waals surface area (Å²) in [5, 5.41) is 15.3. The van der Waals surface area contributed by atoms with E-state index < -0.39 is 16.1 Å². The molecule has 13 heteroatoms. The van der Waals surface area contributed by atoms with Gasteiger partial charge >= 0.3 is 5.97 Å². The number of carbonyl (C=O) groups is 2. The number of hydrogen-bond acceptors (Lipinski definition) is 11. The Morgan fingerprint density at radius 2 is 2.16 bits per heavy atom. The summed E-state index contributed by atoms with van der Waals surface area (Å²) >= 11 is 2.26. The minimum Gasteiger partial charge on any atom is -0.462 e. The Kier molecular flexibility index (Phi) is 7.33. The van der Waals surface area contributed by atoms with E-state index in [1.807, 2.05) is 0 Å². The number of esters is 1. The number of nitro groups is 1. The summed E-state index contributed by atoms with van der Waals surface area (Å²) in [6, 6.07) is 6.09. The number of non-ortho nitro benzene ring substituents is 1. The molecule has 3 rings (SSSR count). The van der Waals surface area contributed by atoms with Crippen LogP contribution in [0.4, 0.5) is 16.6 Å². The molecule has 166 valence electrons. The van der Waals surface area contributed by atoms with Gasteiger partial charge in [0.15, 0.2) is 10.3 Å². The molecule has 3 aromatic rings. The van der Waals surface area contributed by atoms with Gasteiger partial charge in [-0.25, -0.2) is 19.7 Å². The predicted molar refractivity (Wildman–Crippen MR) is 121 cm³/mol. The normalized spacial score (nSPS) is 11.6. The monoisotopic (exact) mass is 474 g/mol. The first-order valence-electron chi connectivity index (χ1n) is 9.26. The van der Waals surface area contributed by atoms with Crippen LogP contribution in [0.5, 0.6) is 0 Å². The molecule has 0 bridgehead atoms. The van der Waals surface area contributed by atoms with E-state index in [0.717, 1.165) is 11.8 Å². The number of thioether (sulfide) groups is 1. The van der Waals surface area contributed by atoms with Crippen molar-refractivity contribution in [1.82, 2.24) is 15.0 Å². The van der Waals surface area contributed by atoms with Crippen LogP contribution in [0.3, 0.4) is 0 Å². The van der Waals surface area contributed by atoms with E-state index in [1.165, 1.54) is 29.7 Å². The van der Waals surface area contributed by atoms with Crippen LogP contribution in [0, 0.1) is 10.1 Å². The molecule has 1 aromatic carbocycles. The molecule has 0 saturated carbocycles. The standard InChI is InChI=1S/C19H18N6O5S2/c1-3-30-17(27)13-8-21-18(23-15(13)20)32-10(2)16(26)24-19-22-14(9-31-19)11-5-4-6-12(7-11)25(28)29/h4-10H,3H2,1-2H3,(H2,20,21,23)(H,22,24,26). The van der Waals surface area contributed by atoms with E-state index in [0.29, 0.717) is 16.4 Å². The van der Waals surface area contributed by atoms with Gasteiger partial charge in [-0.1, -0.05) is 23.9 Å². The number of ether oxygens (including phenoxy) is 1. The largest absolute Gasteiger partial charge is 0.462 e. The van der Waals surface area contributed by atoms with Crippen LogP contribution in [0.2, 0.25) is 0 Å². The summed E-state index contributed by atoms with van der Waals surface area (Å²) in [6.07, 6.45) is 1.26. The highest BCUT2D eigenvalue weighted by Crippen LogP contribution is 2.28. The maximum absolute atomic E-state index is 12.5. The van der Waals surface area contributed by atoms with Gasteiger partial charge in [0.05, 0.1) is 22.5 Å². The van der Waals surface area contributed by atoms with Gasteiger partial charge in [0.2, 0.25) is 5.91 Å². The molecule has 0 spiro atoms. The average Bonchev–Trinajstić information content (AvgIpc) is 3.22. The van der Waals surface area contributed by atoms with Crippen molar-refractivity contribution in [3.63, 3.8) is 0 Å². The Labute approximate surface area is 190 Å². The number of benzene rings is 1. The Bertz CT molecular complexity index is 1170. The number of nitro benzene ring substituents is 1. The zero-order chi connectivity index (χ0) is 23.3. The maximum atomic E-state index is 12.5. The van der Waals surface area contributed by atoms with Crippen molar-refractivity contribution in [2.24, 2.45) is 0 Å². The topological polar surface area (TPSA) is 163 Å². The lowest BCUT2D eigenvalue weighted by molar-refractivity contribution is -0.384. The highest BCUT2D eigenvalue weighted by atomic mass is 32.2. The lowest BCUT2D eigenvalue weighted by Crippen LogP contribution is -2.22. The molecule has 2 heterocycles. The molecule has 0 aliphatic rings. The van der Waals surface area contributed by atoms with Gasteiger partial charge in [0.25, 0.3) is 5.69 Å². The van der Waals surface area contributed by atoms with E-state index in [2.05, 4.69) is 20.3 Å². The van der Waals surface area contributed by atoms with Gasteiger partial charge in [-0.15, -0.1) is 11.3 Å². The third-order valence-corrected chi connectivity index (χ3v) is 5.76. The van der Waals surface area contributed by atoms with Crippen molar-refractivity contribution < 1.29 is 19.2 Å². The van der Waals surface area contributed by atoms with Crippen LogP contribution < -0.4 is 11.1 Å². The molecule has 0 aliphatic carbocycles. The molecule has 1 atom stereocenters. The van der Waals surface area contributed by atoms with Crippen LogP contribution in [-0.2, 0) is 9.53 Å². The van der Waals surface area contributed by atoms with Gasteiger partial charge in [-0.2, -0.15) is 0 Å². The number of hydrogen-bond donors (Lipinski definition) is 2. The van der Waals surface area contributed by atoms with Crippen LogP contribution in [0.25, 0.3) is 11.3 Å². The van der Waals surface area contributed by atoms with Gasteiger partial charge in [0.1, 0.15) is 11.4 Å². The lowest BCUT2D eigenvalue weighted by atomic mass is 10.1. The number of nitrogens with zero attached hydrogens (tertiary/aromatic N) is 4. The SMILES string of the molecule is CCOC(=O)c1cnc(SC(C)C(=O)Nc2nc(-c3cccc([N+](=O)[O-])c3)cs2)nc1N.